The van der Waals surface area contributed by atoms with Crippen molar-refractivity contribution in [3.05, 3.63) is 82.4 Å². The molecule has 0 aliphatic heterocycles. The van der Waals surface area contributed by atoms with E-state index in [0.29, 0.717) is 0 Å². The third-order valence-corrected chi connectivity index (χ3v) is 5.48. The van der Waals surface area contributed by atoms with Crippen LogP contribution in [-0.4, -0.2) is 30.4 Å². The van der Waals surface area contributed by atoms with Crippen LogP contribution in [0.4, 0.5) is 8.78 Å². The molecule has 2 aromatic heterocycles. The Hall–Kier alpha value is -2.10. The number of pyridine rings is 1. The Bertz CT molecular complexity index is 1080. The molecular weight excluding hydrogens is 478 g/mol. The maximum Gasteiger partial charge on any atom is 0.212 e. The molecule has 3 aromatic rings. The topological polar surface area (TPSA) is 79.9 Å². The third kappa shape index (κ3) is 5.46. The summed E-state index contributed by atoms with van der Waals surface area (Å²) in [6, 6.07) is 8.20. The smallest absolute Gasteiger partial charge is 0.212 e. The lowest BCUT2D eigenvalue weighted by Crippen LogP contribution is -2.03. The maximum absolute atomic E-state index is 12.6. The molecule has 1 aromatic carbocycles. The van der Waals surface area contributed by atoms with Crippen LogP contribution in [0.1, 0.15) is 21.6 Å². The highest BCUT2D eigenvalue weighted by Crippen LogP contribution is 2.18. The van der Waals surface area contributed by atoms with Gasteiger partial charge in [-0.1, -0.05) is 33.6 Å². The van der Waals surface area contributed by atoms with Crippen LogP contribution < -0.4 is 0 Å². The molecule has 148 valence electrons. The van der Waals surface area contributed by atoms with Crippen LogP contribution in [-0.2, 0) is 15.2 Å². The molecule has 0 radical (unpaired) electrons. The van der Waals surface area contributed by atoms with Crippen LogP contribution in [0.15, 0.2) is 53.7 Å². The summed E-state index contributed by atoms with van der Waals surface area (Å²) in [6.07, 6.45) is 3.81. The van der Waals surface area contributed by atoms with Gasteiger partial charge in [0.1, 0.15) is 16.8 Å². The second kappa shape index (κ2) is 9.40. The number of sulfone groups is 1. The van der Waals surface area contributed by atoms with E-state index in [1.165, 1.54) is 42.7 Å². The highest BCUT2D eigenvalue weighted by Gasteiger charge is 2.17. The van der Waals surface area contributed by atoms with E-state index in [2.05, 4.69) is 25.9 Å². The first-order valence-electron chi connectivity index (χ1n) is 7.67. The Morgan fingerprint density at radius 3 is 2.32 bits per heavy atom. The van der Waals surface area contributed by atoms with Crippen LogP contribution in [0.25, 0.3) is 0 Å². The van der Waals surface area contributed by atoms with Crippen molar-refractivity contribution in [2.45, 2.75) is 10.2 Å². The summed E-state index contributed by atoms with van der Waals surface area (Å²) < 4.78 is 47.8. The number of ketones is 1. The summed E-state index contributed by atoms with van der Waals surface area (Å²) >= 11 is 8.78. The number of nitrogens with one attached hydrogen (secondary N) is 1. The van der Waals surface area contributed by atoms with Gasteiger partial charge in [0.15, 0.2) is 9.84 Å². The number of hydrogen-bond acceptors (Lipinski definition) is 4. The third-order valence-electron chi connectivity index (χ3n) is 3.53. The minimum absolute atomic E-state index is 0.0610. The van der Waals surface area contributed by atoms with E-state index in [4.69, 9.17) is 11.6 Å². The standard InChI is InChI=1S/C11H9ClN2O3S.C7H5BrF2/c1-18(16,17)7-5-9(14-6-7)10(15)8-3-2-4-13-11(8)12;8-4-5-6(9)2-1-3-7(5)10/h2-6,14H,1H3;1-3H,4H2. The van der Waals surface area contributed by atoms with Gasteiger partial charge in [-0.05, 0) is 30.3 Å². The molecule has 1 N–H and O–H groups in total. The van der Waals surface area contributed by atoms with Gasteiger partial charge in [0.25, 0.3) is 0 Å². The van der Waals surface area contributed by atoms with Crippen molar-refractivity contribution in [3.8, 4) is 0 Å². The molecule has 3 rings (SSSR count). The minimum Gasteiger partial charge on any atom is -0.357 e. The van der Waals surface area contributed by atoms with Crippen molar-refractivity contribution in [1.82, 2.24) is 9.97 Å². The lowest BCUT2D eigenvalue weighted by molar-refractivity contribution is 0.103. The van der Waals surface area contributed by atoms with Crippen molar-refractivity contribution in [2.24, 2.45) is 0 Å². The second-order valence-corrected chi connectivity index (χ2v) is 8.46. The van der Waals surface area contributed by atoms with Gasteiger partial charge < -0.3 is 4.98 Å². The monoisotopic (exact) mass is 490 g/mol. The van der Waals surface area contributed by atoms with Crippen molar-refractivity contribution in [3.63, 3.8) is 0 Å². The number of carbonyl (C=O) groups excluding carboxylic acids is 1. The Labute approximate surface area is 173 Å². The average Bonchev–Trinajstić information content (AvgIpc) is 3.13. The number of alkyl halides is 1. The molecule has 0 atom stereocenters. The van der Waals surface area contributed by atoms with Crippen molar-refractivity contribution < 1.29 is 22.0 Å². The Balaban J connectivity index is 0.000000237. The maximum atomic E-state index is 12.6. The fraction of sp³-hybridized carbons (Fsp3) is 0.111. The molecule has 10 heteroatoms. The lowest BCUT2D eigenvalue weighted by atomic mass is 10.1. The van der Waals surface area contributed by atoms with E-state index in [1.807, 2.05) is 0 Å². The number of aromatic amines is 1. The van der Waals surface area contributed by atoms with Gasteiger partial charge in [-0.15, -0.1) is 0 Å². The van der Waals surface area contributed by atoms with Crippen LogP contribution in [0.5, 0.6) is 0 Å². The minimum atomic E-state index is -3.34. The van der Waals surface area contributed by atoms with Gasteiger partial charge in [-0.25, -0.2) is 22.2 Å². The molecule has 0 unspecified atom stereocenters. The summed E-state index contributed by atoms with van der Waals surface area (Å²) in [4.78, 5) is 18.5. The zero-order valence-corrected chi connectivity index (χ0v) is 17.6. The first-order valence-corrected chi connectivity index (χ1v) is 11.1. The summed E-state index contributed by atoms with van der Waals surface area (Å²) in [5.41, 5.74) is 0.467. The number of halogens is 4. The fourth-order valence-corrected chi connectivity index (χ4v) is 3.43. The first-order chi connectivity index (χ1) is 13.1. The van der Waals surface area contributed by atoms with Gasteiger partial charge >= 0.3 is 0 Å². The molecule has 0 saturated heterocycles. The van der Waals surface area contributed by atoms with Crippen molar-refractivity contribution >= 4 is 43.2 Å². The normalized spacial score (nSPS) is 10.9. The fourth-order valence-electron chi connectivity index (χ4n) is 2.08. The number of carbonyl (C=O) groups is 1. The van der Waals surface area contributed by atoms with E-state index in [-0.39, 0.29) is 32.2 Å². The van der Waals surface area contributed by atoms with E-state index in [9.17, 15) is 22.0 Å². The molecule has 0 spiro atoms. The quantitative estimate of drug-likeness (QED) is 0.330. The van der Waals surface area contributed by atoms with E-state index >= 15 is 0 Å². The average molecular weight is 492 g/mol. The molecule has 5 nitrogen and oxygen atoms in total. The molecule has 2 heterocycles. The molecule has 0 aliphatic carbocycles. The zero-order valence-electron chi connectivity index (χ0n) is 14.4. The molecule has 0 aliphatic rings. The number of nitrogens with zero attached hydrogens (tertiary/aromatic N) is 1. The summed E-state index contributed by atoms with van der Waals surface area (Å²) in [7, 11) is -3.34. The molecular formula is C18H14BrClF2N2O3S. The van der Waals surface area contributed by atoms with E-state index < -0.39 is 27.3 Å². The second-order valence-electron chi connectivity index (χ2n) is 5.53. The summed E-state index contributed by atoms with van der Waals surface area (Å²) in [6.45, 7) is 0. The number of hydrogen-bond donors (Lipinski definition) is 1. The number of benzene rings is 1. The van der Waals surface area contributed by atoms with Gasteiger partial charge in [-0.2, -0.15) is 0 Å². The van der Waals surface area contributed by atoms with Crippen LogP contribution in [0, 0.1) is 11.6 Å². The van der Waals surface area contributed by atoms with Crippen LogP contribution in [0.3, 0.4) is 0 Å². The molecule has 28 heavy (non-hydrogen) atoms. The van der Waals surface area contributed by atoms with E-state index in [1.54, 1.807) is 6.07 Å². The molecule has 0 saturated carbocycles. The van der Waals surface area contributed by atoms with Gasteiger partial charge in [0.2, 0.25) is 5.78 Å². The molecule has 0 bridgehead atoms. The molecule has 0 fully saturated rings. The predicted octanol–water partition coefficient (Wildman–Crippen LogP) is 4.56. The molecule has 0 amide bonds. The number of rotatable bonds is 4. The number of aromatic nitrogens is 2. The summed E-state index contributed by atoms with van der Waals surface area (Å²) in [5, 5.41) is 0.295. The lowest BCUT2D eigenvalue weighted by Gasteiger charge is -1.99. The van der Waals surface area contributed by atoms with Crippen molar-refractivity contribution in [1.29, 1.82) is 0 Å². The van der Waals surface area contributed by atoms with Crippen molar-refractivity contribution in [2.75, 3.05) is 6.26 Å². The Morgan fingerprint density at radius 2 is 1.86 bits per heavy atom. The highest BCUT2D eigenvalue weighted by atomic mass is 79.9. The summed E-state index contributed by atoms with van der Waals surface area (Å²) in [5.74, 6) is -1.41. The van der Waals surface area contributed by atoms with Gasteiger partial charge in [0, 0.05) is 29.5 Å². The van der Waals surface area contributed by atoms with Crippen LogP contribution in [0.2, 0.25) is 5.15 Å². The SMILES string of the molecule is CS(=O)(=O)c1c[nH]c(C(=O)c2cccnc2Cl)c1.Fc1cccc(F)c1CBr. The zero-order chi connectivity index (χ0) is 20.9. The first kappa shape index (κ1) is 22.2. The Morgan fingerprint density at radius 1 is 1.21 bits per heavy atom. The Kier molecular flexibility index (Phi) is 7.45. The van der Waals surface area contributed by atoms with Gasteiger partial charge in [0.05, 0.1) is 16.2 Å². The predicted molar refractivity (Wildman–Crippen MR) is 106 cm³/mol. The largest absolute Gasteiger partial charge is 0.357 e. The van der Waals surface area contributed by atoms with Gasteiger partial charge in [-0.3, -0.25) is 4.79 Å². The van der Waals surface area contributed by atoms with E-state index in [0.717, 1.165) is 6.26 Å². The highest BCUT2D eigenvalue weighted by molar-refractivity contribution is 9.08. The number of H-pyrrole nitrogens is 1. The van der Waals surface area contributed by atoms with Crippen LogP contribution >= 0.6 is 27.5 Å².